The van der Waals surface area contributed by atoms with Crippen LogP contribution < -0.4 is 5.32 Å². The molecule has 0 bridgehead atoms. The minimum Gasteiger partial charge on any atom is -0.352 e. The fourth-order valence-corrected chi connectivity index (χ4v) is 2.52. The summed E-state index contributed by atoms with van der Waals surface area (Å²) in [4.78, 5) is 12.6. The summed E-state index contributed by atoms with van der Waals surface area (Å²) in [6.07, 6.45) is 4.49. The molecule has 1 aromatic heterocycles. The number of halogens is 1. The molecule has 2 rings (SSSR count). The Morgan fingerprint density at radius 1 is 1.47 bits per heavy atom. The average molecular weight is 340 g/mol. The maximum Gasteiger partial charge on any atom is 0.252 e. The summed E-state index contributed by atoms with van der Waals surface area (Å²) >= 11 is 7.64. The molecule has 1 N–H and O–H groups in total. The van der Waals surface area contributed by atoms with Gasteiger partial charge in [-0.3, -0.25) is 9.48 Å². The quantitative estimate of drug-likeness (QED) is 0.650. The van der Waals surface area contributed by atoms with Crippen LogP contribution in [0.15, 0.2) is 46.0 Å². The first-order chi connectivity index (χ1) is 9.16. The topological polar surface area (TPSA) is 46.9 Å². The second-order valence-electron chi connectivity index (χ2n) is 4.04. The Kier molecular flexibility index (Phi) is 5.04. The minimum atomic E-state index is -0.0991. The fourth-order valence-electron chi connectivity index (χ4n) is 1.67. The van der Waals surface area contributed by atoms with Crippen molar-refractivity contribution in [3.05, 3.63) is 46.7 Å². The van der Waals surface area contributed by atoms with Crippen molar-refractivity contribution in [2.75, 3.05) is 6.54 Å². The molecule has 1 amide bonds. The van der Waals surface area contributed by atoms with E-state index in [4.69, 9.17) is 0 Å². The normalized spacial score (nSPS) is 10.4. The van der Waals surface area contributed by atoms with Gasteiger partial charge < -0.3 is 5.32 Å². The zero-order valence-corrected chi connectivity index (χ0v) is 12.7. The number of nitrogens with one attached hydrogen (secondary N) is 1. The number of aryl methyl sites for hydroxylation is 1. The number of thiol groups is 1. The summed E-state index contributed by atoms with van der Waals surface area (Å²) < 4.78 is 2.75. The number of carbonyl (C=O) groups is 1. The van der Waals surface area contributed by atoms with Crippen LogP contribution in [0.25, 0.3) is 0 Å². The smallest absolute Gasteiger partial charge is 0.252 e. The Hall–Kier alpha value is -1.27. The number of rotatable bonds is 5. The molecule has 0 unspecified atom stereocenters. The molecule has 0 spiro atoms. The molecule has 0 fully saturated rings. The Balaban J connectivity index is 1.81. The zero-order chi connectivity index (χ0) is 13.7. The standard InChI is InChI=1S/C13H14BrN3OS/c14-10-3-4-11(12(19)9-10)13(18)15-5-1-7-17-8-2-6-16-17/h2-4,6,8-9,19H,1,5,7H2,(H,15,18). The van der Waals surface area contributed by atoms with Crippen molar-refractivity contribution in [2.45, 2.75) is 17.9 Å². The monoisotopic (exact) mass is 339 g/mol. The minimum absolute atomic E-state index is 0.0991. The van der Waals surface area contributed by atoms with Crippen LogP contribution in [0.1, 0.15) is 16.8 Å². The Bertz CT molecular complexity index is 557. The van der Waals surface area contributed by atoms with Crippen LogP contribution in [0.2, 0.25) is 0 Å². The van der Waals surface area contributed by atoms with Gasteiger partial charge in [0.1, 0.15) is 0 Å². The lowest BCUT2D eigenvalue weighted by molar-refractivity contribution is 0.0949. The predicted molar refractivity (Wildman–Crippen MR) is 80.6 cm³/mol. The van der Waals surface area contributed by atoms with E-state index in [-0.39, 0.29) is 5.91 Å². The summed E-state index contributed by atoms with van der Waals surface area (Å²) in [5, 5.41) is 6.98. The second-order valence-corrected chi connectivity index (χ2v) is 5.44. The first-order valence-corrected chi connectivity index (χ1v) is 7.15. The molecule has 4 nitrogen and oxygen atoms in total. The number of nitrogens with zero attached hydrogens (tertiary/aromatic N) is 2. The van der Waals surface area contributed by atoms with Gasteiger partial charge in [0.05, 0.1) is 5.56 Å². The highest BCUT2D eigenvalue weighted by Gasteiger charge is 2.08. The van der Waals surface area contributed by atoms with E-state index in [9.17, 15) is 4.79 Å². The molecule has 0 aliphatic rings. The van der Waals surface area contributed by atoms with E-state index >= 15 is 0 Å². The Morgan fingerprint density at radius 3 is 3.00 bits per heavy atom. The number of benzene rings is 1. The van der Waals surface area contributed by atoms with E-state index in [0.717, 1.165) is 17.4 Å². The summed E-state index contributed by atoms with van der Waals surface area (Å²) in [6.45, 7) is 1.41. The number of carbonyl (C=O) groups excluding carboxylic acids is 1. The lowest BCUT2D eigenvalue weighted by Crippen LogP contribution is -2.25. The molecule has 6 heteroatoms. The average Bonchev–Trinajstić information content (AvgIpc) is 2.87. The first kappa shape index (κ1) is 14.1. The van der Waals surface area contributed by atoms with Crippen LogP contribution in [-0.2, 0) is 6.54 Å². The SMILES string of the molecule is O=C(NCCCn1cccn1)c1ccc(Br)cc1S. The van der Waals surface area contributed by atoms with Gasteiger partial charge in [-0.1, -0.05) is 15.9 Å². The lowest BCUT2D eigenvalue weighted by atomic mass is 10.2. The van der Waals surface area contributed by atoms with Crippen LogP contribution in [0, 0.1) is 0 Å². The first-order valence-electron chi connectivity index (χ1n) is 5.91. The maximum absolute atomic E-state index is 11.9. The predicted octanol–water partition coefficient (Wildman–Crippen LogP) is 2.75. The van der Waals surface area contributed by atoms with Crippen LogP contribution in [-0.4, -0.2) is 22.2 Å². The van der Waals surface area contributed by atoms with Crippen molar-refractivity contribution in [1.29, 1.82) is 0 Å². The fraction of sp³-hybridized carbons (Fsp3) is 0.231. The molecule has 1 aromatic carbocycles. The van der Waals surface area contributed by atoms with Crippen molar-refractivity contribution < 1.29 is 4.79 Å². The van der Waals surface area contributed by atoms with E-state index in [0.29, 0.717) is 17.0 Å². The number of aromatic nitrogens is 2. The third-order valence-electron chi connectivity index (χ3n) is 2.61. The van der Waals surface area contributed by atoms with Gasteiger partial charge in [-0.15, -0.1) is 12.6 Å². The van der Waals surface area contributed by atoms with Gasteiger partial charge in [-0.2, -0.15) is 5.10 Å². The van der Waals surface area contributed by atoms with Crippen molar-refractivity contribution in [2.24, 2.45) is 0 Å². The molecule has 0 saturated carbocycles. The third-order valence-corrected chi connectivity index (χ3v) is 3.48. The highest BCUT2D eigenvalue weighted by atomic mass is 79.9. The van der Waals surface area contributed by atoms with Crippen LogP contribution in [0.5, 0.6) is 0 Å². The molecule has 0 saturated heterocycles. The summed E-state index contributed by atoms with van der Waals surface area (Å²) in [5.74, 6) is -0.0991. The molecule has 0 aliphatic carbocycles. The molecule has 1 heterocycles. The van der Waals surface area contributed by atoms with Gasteiger partial charge in [-0.25, -0.2) is 0 Å². The molecule has 19 heavy (non-hydrogen) atoms. The molecule has 0 aliphatic heterocycles. The van der Waals surface area contributed by atoms with Gasteiger partial charge in [-0.05, 0) is 30.7 Å². The molecule has 100 valence electrons. The van der Waals surface area contributed by atoms with Gasteiger partial charge in [0.15, 0.2) is 0 Å². The number of hydrogen-bond donors (Lipinski definition) is 2. The number of hydrogen-bond acceptors (Lipinski definition) is 3. The van der Waals surface area contributed by atoms with Crippen molar-refractivity contribution in [1.82, 2.24) is 15.1 Å². The highest BCUT2D eigenvalue weighted by Crippen LogP contribution is 2.19. The summed E-state index contributed by atoms with van der Waals surface area (Å²) in [5.41, 5.74) is 0.589. The zero-order valence-electron chi connectivity index (χ0n) is 10.2. The van der Waals surface area contributed by atoms with Gasteiger partial charge in [0, 0.05) is 34.9 Å². The van der Waals surface area contributed by atoms with Crippen molar-refractivity contribution in [3.8, 4) is 0 Å². The van der Waals surface area contributed by atoms with E-state index in [1.54, 1.807) is 12.3 Å². The van der Waals surface area contributed by atoms with E-state index in [1.807, 2.05) is 29.1 Å². The largest absolute Gasteiger partial charge is 0.352 e. The Morgan fingerprint density at radius 2 is 2.32 bits per heavy atom. The van der Waals surface area contributed by atoms with E-state index in [2.05, 4.69) is 39.0 Å². The molecule has 2 aromatic rings. The van der Waals surface area contributed by atoms with E-state index in [1.165, 1.54) is 0 Å². The molecular formula is C13H14BrN3OS. The summed E-state index contributed by atoms with van der Waals surface area (Å²) in [7, 11) is 0. The molecule has 0 radical (unpaired) electrons. The molecular weight excluding hydrogens is 326 g/mol. The molecule has 0 atom stereocenters. The second kappa shape index (κ2) is 6.77. The van der Waals surface area contributed by atoms with Crippen LogP contribution in [0.3, 0.4) is 0 Å². The highest BCUT2D eigenvalue weighted by molar-refractivity contribution is 9.10. The van der Waals surface area contributed by atoms with E-state index < -0.39 is 0 Å². The van der Waals surface area contributed by atoms with Crippen molar-refractivity contribution in [3.63, 3.8) is 0 Å². The third kappa shape index (κ3) is 4.11. The van der Waals surface area contributed by atoms with Crippen molar-refractivity contribution >= 4 is 34.5 Å². The number of amides is 1. The van der Waals surface area contributed by atoms with Gasteiger partial charge in [0.25, 0.3) is 5.91 Å². The van der Waals surface area contributed by atoms with Gasteiger partial charge >= 0.3 is 0 Å². The Labute approximate surface area is 125 Å². The maximum atomic E-state index is 11.9. The lowest BCUT2D eigenvalue weighted by Gasteiger charge is -2.07. The van der Waals surface area contributed by atoms with Gasteiger partial charge in [0.2, 0.25) is 0 Å². The van der Waals surface area contributed by atoms with Crippen LogP contribution >= 0.6 is 28.6 Å². The van der Waals surface area contributed by atoms with Crippen LogP contribution in [0.4, 0.5) is 0 Å². The summed E-state index contributed by atoms with van der Waals surface area (Å²) in [6, 6.07) is 7.28.